The van der Waals surface area contributed by atoms with Crippen LogP contribution in [-0.2, 0) is 6.67 Å². The Labute approximate surface area is 171 Å². The Kier molecular flexibility index (Phi) is 4.52. The van der Waals surface area contributed by atoms with Gasteiger partial charge in [0.2, 0.25) is 5.95 Å². The lowest BCUT2D eigenvalue weighted by atomic mass is 9.92. The second kappa shape index (κ2) is 7.23. The lowest BCUT2D eigenvalue weighted by Crippen LogP contribution is -2.49. The van der Waals surface area contributed by atoms with Gasteiger partial charge in [-0.2, -0.15) is 4.98 Å². The summed E-state index contributed by atoms with van der Waals surface area (Å²) in [6.45, 7) is 0.298. The fourth-order valence-corrected chi connectivity index (χ4v) is 4.80. The van der Waals surface area contributed by atoms with Crippen LogP contribution in [0.5, 0.6) is 0 Å². The smallest absolute Gasteiger partial charge is 0.407 e. The summed E-state index contributed by atoms with van der Waals surface area (Å²) < 4.78 is 29.0. The molecule has 2 atom stereocenters. The number of aromatic nitrogens is 3. The van der Waals surface area contributed by atoms with Crippen LogP contribution in [0.3, 0.4) is 0 Å². The maximum absolute atomic E-state index is 14.6. The summed E-state index contributed by atoms with van der Waals surface area (Å²) in [6.07, 6.45) is 2.81. The lowest BCUT2D eigenvalue weighted by molar-refractivity contribution is 0.112. The molecule has 2 fully saturated rings. The molecule has 2 aromatic heterocycles. The topological polar surface area (TPSA) is 82.8 Å². The third kappa shape index (κ3) is 3.14. The molecule has 1 saturated carbocycles. The molecule has 1 aliphatic heterocycles. The predicted molar refractivity (Wildman–Crippen MR) is 106 cm³/mol. The summed E-state index contributed by atoms with van der Waals surface area (Å²) >= 11 is 0. The molecular formula is C21H21F2N5O2. The number of carbonyl (C=O) groups is 1. The Bertz CT molecular complexity index is 1100. The number of rotatable bonds is 4. The first-order valence-electron chi connectivity index (χ1n) is 9.98. The zero-order chi connectivity index (χ0) is 20.8. The number of pyridine rings is 1. The van der Waals surface area contributed by atoms with Crippen molar-refractivity contribution in [3.8, 4) is 11.1 Å². The second-order valence-electron chi connectivity index (χ2n) is 8.03. The van der Waals surface area contributed by atoms with Crippen LogP contribution in [0.1, 0.15) is 18.4 Å². The molecule has 3 aromatic rings. The van der Waals surface area contributed by atoms with Crippen LogP contribution in [0, 0.1) is 17.7 Å². The third-order valence-corrected chi connectivity index (χ3v) is 6.24. The molecule has 0 radical (unpaired) electrons. The van der Waals surface area contributed by atoms with E-state index in [1.165, 1.54) is 11.0 Å². The Morgan fingerprint density at radius 2 is 1.97 bits per heavy atom. The monoisotopic (exact) mass is 413 g/mol. The van der Waals surface area contributed by atoms with Crippen molar-refractivity contribution in [3.63, 3.8) is 0 Å². The van der Waals surface area contributed by atoms with Gasteiger partial charge < -0.3 is 15.3 Å². The van der Waals surface area contributed by atoms with Crippen molar-refractivity contribution in [2.45, 2.75) is 25.6 Å². The molecule has 1 aliphatic carbocycles. The van der Waals surface area contributed by atoms with Gasteiger partial charge in [0.25, 0.3) is 0 Å². The average molecular weight is 413 g/mol. The van der Waals surface area contributed by atoms with Crippen LogP contribution >= 0.6 is 0 Å². The van der Waals surface area contributed by atoms with Crippen LogP contribution in [0.15, 0.2) is 36.5 Å². The van der Waals surface area contributed by atoms with Gasteiger partial charge in [-0.1, -0.05) is 12.1 Å². The molecule has 7 nitrogen and oxygen atoms in total. The average Bonchev–Trinajstić information content (AvgIpc) is 3.24. The summed E-state index contributed by atoms with van der Waals surface area (Å²) in [4.78, 5) is 17.4. The number of amides is 1. The molecule has 5 rings (SSSR count). The van der Waals surface area contributed by atoms with E-state index in [1.807, 2.05) is 0 Å². The molecule has 0 spiro atoms. The molecule has 2 N–H and O–H groups in total. The van der Waals surface area contributed by atoms with E-state index in [-0.39, 0.29) is 23.4 Å². The number of nitrogens with one attached hydrogen (secondary N) is 1. The number of benzene rings is 1. The molecule has 1 amide bonds. The van der Waals surface area contributed by atoms with E-state index in [9.17, 15) is 18.7 Å². The Morgan fingerprint density at radius 1 is 1.20 bits per heavy atom. The van der Waals surface area contributed by atoms with E-state index in [1.54, 1.807) is 35.0 Å². The summed E-state index contributed by atoms with van der Waals surface area (Å²) in [7, 11) is 0. The number of alkyl halides is 1. The minimum absolute atomic E-state index is 0.113. The highest BCUT2D eigenvalue weighted by molar-refractivity contribution is 5.78. The van der Waals surface area contributed by atoms with E-state index in [4.69, 9.17) is 0 Å². The highest BCUT2D eigenvalue weighted by Gasteiger charge is 2.43. The maximum Gasteiger partial charge on any atom is 0.407 e. The molecular weight excluding hydrogens is 392 g/mol. The third-order valence-electron chi connectivity index (χ3n) is 6.24. The number of hydrogen-bond donors (Lipinski definition) is 2. The predicted octanol–water partition coefficient (Wildman–Crippen LogP) is 3.81. The molecule has 1 saturated heterocycles. The molecule has 156 valence electrons. The minimum atomic E-state index is -0.873. The fraction of sp³-hybridized carbons (Fsp3) is 0.381. The van der Waals surface area contributed by atoms with Crippen LogP contribution in [0.25, 0.3) is 16.8 Å². The van der Waals surface area contributed by atoms with Crippen molar-refractivity contribution in [1.29, 1.82) is 0 Å². The Balaban J connectivity index is 1.44. The van der Waals surface area contributed by atoms with Gasteiger partial charge in [0.1, 0.15) is 12.5 Å². The van der Waals surface area contributed by atoms with E-state index in [0.717, 1.165) is 12.8 Å². The first-order chi connectivity index (χ1) is 14.5. The number of anilines is 1. The summed E-state index contributed by atoms with van der Waals surface area (Å²) in [5, 5.41) is 17.2. The highest BCUT2D eigenvalue weighted by Crippen LogP contribution is 2.38. The van der Waals surface area contributed by atoms with Gasteiger partial charge in [-0.15, -0.1) is 5.10 Å². The summed E-state index contributed by atoms with van der Waals surface area (Å²) in [6, 6.07) is 7.95. The maximum atomic E-state index is 14.6. The normalized spacial score (nSPS) is 23.1. The van der Waals surface area contributed by atoms with Crippen molar-refractivity contribution >= 4 is 17.7 Å². The van der Waals surface area contributed by atoms with Gasteiger partial charge in [0.15, 0.2) is 5.65 Å². The first kappa shape index (κ1) is 18.8. The molecule has 2 bridgehead atoms. The van der Waals surface area contributed by atoms with Crippen LogP contribution < -0.4 is 5.32 Å². The number of carboxylic acid groups (broad SMARTS) is 1. The minimum Gasteiger partial charge on any atom is -0.465 e. The van der Waals surface area contributed by atoms with Crippen LogP contribution in [0.2, 0.25) is 0 Å². The van der Waals surface area contributed by atoms with E-state index in [0.29, 0.717) is 35.8 Å². The van der Waals surface area contributed by atoms with Gasteiger partial charge in [0, 0.05) is 36.5 Å². The molecule has 2 aliphatic rings. The molecule has 1 aromatic carbocycles. The summed E-state index contributed by atoms with van der Waals surface area (Å²) in [5.74, 6) is 0.372. The number of piperidine rings is 1. The largest absolute Gasteiger partial charge is 0.465 e. The van der Waals surface area contributed by atoms with Crippen molar-refractivity contribution < 1.29 is 18.7 Å². The second-order valence-corrected chi connectivity index (χ2v) is 8.03. The van der Waals surface area contributed by atoms with Crippen molar-refractivity contribution in [2.75, 3.05) is 18.4 Å². The molecule has 9 heteroatoms. The van der Waals surface area contributed by atoms with Crippen molar-refractivity contribution in [2.24, 2.45) is 11.8 Å². The van der Waals surface area contributed by atoms with E-state index < -0.39 is 18.6 Å². The van der Waals surface area contributed by atoms with Crippen molar-refractivity contribution in [1.82, 2.24) is 19.5 Å². The number of hydrogen-bond acceptors (Lipinski definition) is 4. The van der Waals surface area contributed by atoms with Crippen LogP contribution in [0.4, 0.5) is 19.5 Å². The quantitative estimate of drug-likeness (QED) is 0.680. The fourth-order valence-electron chi connectivity index (χ4n) is 4.80. The standard InChI is InChI=1S/C21H21F2N5O2/c22-9-12-3-6-15(17(23)8-12)16-2-1-7-28-19(16)25-20(26-28)24-18-13-4-5-14(18)11-27(10-13)21(29)30/h1-3,6-8,13-14,18H,4-5,9-11H2,(H,24,26)(H,29,30). The summed E-state index contributed by atoms with van der Waals surface area (Å²) in [5.41, 5.74) is 1.70. The van der Waals surface area contributed by atoms with Gasteiger partial charge in [-0.25, -0.2) is 18.1 Å². The van der Waals surface area contributed by atoms with E-state index >= 15 is 0 Å². The zero-order valence-corrected chi connectivity index (χ0v) is 16.1. The zero-order valence-electron chi connectivity index (χ0n) is 16.1. The molecule has 30 heavy (non-hydrogen) atoms. The van der Waals surface area contributed by atoms with Crippen LogP contribution in [-0.4, -0.2) is 49.8 Å². The highest BCUT2D eigenvalue weighted by atomic mass is 19.1. The lowest BCUT2D eigenvalue weighted by Gasteiger charge is -2.36. The number of nitrogens with zero attached hydrogens (tertiary/aromatic N) is 4. The van der Waals surface area contributed by atoms with Crippen molar-refractivity contribution in [3.05, 3.63) is 47.9 Å². The first-order valence-corrected chi connectivity index (χ1v) is 9.98. The number of fused-ring (bicyclic) bond motifs is 3. The van der Waals surface area contributed by atoms with Gasteiger partial charge in [-0.3, -0.25) is 0 Å². The van der Waals surface area contributed by atoms with Gasteiger partial charge >= 0.3 is 6.09 Å². The SMILES string of the molecule is O=C(O)N1CC2CCC(C1)C2Nc1nc2c(-c3ccc(CF)cc3F)cccn2n1. The van der Waals surface area contributed by atoms with E-state index in [2.05, 4.69) is 15.4 Å². The van der Waals surface area contributed by atoms with Gasteiger partial charge in [0.05, 0.1) is 0 Å². The Morgan fingerprint density at radius 3 is 2.63 bits per heavy atom. The number of likely N-dealkylation sites (tertiary alicyclic amines) is 1. The number of halogens is 2. The Hall–Kier alpha value is -3.23. The van der Waals surface area contributed by atoms with Gasteiger partial charge in [-0.05, 0) is 48.4 Å². The molecule has 2 unspecified atom stereocenters. The molecule has 3 heterocycles.